The van der Waals surface area contributed by atoms with Gasteiger partial charge in [0.25, 0.3) is 0 Å². The van der Waals surface area contributed by atoms with Gasteiger partial charge in [0.1, 0.15) is 24.0 Å². The predicted octanol–water partition coefficient (Wildman–Crippen LogP) is 4.96. The lowest BCUT2D eigenvalue weighted by Gasteiger charge is -2.27. The molecule has 250 valence electrons. The number of carbonyl (C=O) groups is 4. The van der Waals surface area contributed by atoms with Gasteiger partial charge in [0, 0.05) is 25.3 Å². The van der Waals surface area contributed by atoms with Crippen LogP contribution < -0.4 is 15.4 Å². The molecule has 0 saturated carbocycles. The van der Waals surface area contributed by atoms with Crippen molar-refractivity contribution in [2.45, 2.75) is 90.3 Å². The molecule has 2 saturated heterocycles. The van der Waals surface area contributed by atoms with E-state index in [0.717, 1.165) is 11.1 Å². The predicted molar refractivity (Wildman–Crippen MR) is 172 cm³/mol. The van der Waals surface area contributed by atoms with Crippen LogP contribution in [0.5, 0.6) is 5.75 Å². The number of cyclic esters (lactones) is 2. The molecular weight excluding hydrogens is 612 g/mol. The molecule has 0 radical (unpaired) electrons. The standard InChI is InChI=1S/C35H45ClN2O8/c1-20(2)16-29-35(42)44-27(22(4)31-32(46-31)24-10-7-6-8-11-24)12-9-13-30(39)38-26(33(40)37-19-21(3)34(41)45-29)18-23-14-15-28(43-5)25(36)17-23/h6-8,10-11,14-15,17,20-22,26-27,29,31-32H,9,12-13,16,18-19H2,1-5H3,(H,37,40)(H,38,39)/t21-,22+,26-,27+,29+,31-,32+/m1/s1. The highest BCUT2D eigenvalue weighted by Gasteiger charge is 2.47. The van der Waals surface area contributed by atoms with Gasteiger partial charge >= 0.3 is 11.9 Å². The third-order valence-corrected chi connectivity index (χ3v) is 8.71. The van der Waals surface area contributed by atoms with Gasteiger partial charge in [-0.05, 0) is 48.4 Å². The smallest absolute Gasteiger partial charge is 0.347 e. The largest absolute Gasteiger partial charge is 0.495 e. The van der Waals surface area contributed by atoms with E-state index in [0.29, 0.717) is 23.6 Å². The number of epoxide rings is 1. The van der Waals surface area contributed by atoms with Crippen molar-refractivity contribution in [2.75, 3.05) is 13.7 Å². The number of methoxy groups -OCH3 is 1. The molecule has 7 atom stereocenters. The lowest BCUT2D eigenvalue weighted by atomic mass is 9.92. The first-order valence-electron chi connectivity index (χ1n) is 16.0. The normalized spacial score (nSPS) is 27.2. The molecule has 2 aliphatic heterocycles. The maximum absolute atomic E-state index is 13.5. The Morgan fingerprint density at radius 1 is 1.00 bits per heavy atom. The second-order valence-corrected chi connectivity index (χ2v) is 13.1. The fraction of sp³-hybridized carbons (Fsp3) is 0.543. The van der Waals surface area contributed by atoms with E-state index in [1.165, 1.54) is 7.11 Å². The molecule has 0 unspecified atom stereocenters. The molecule has 0 aromatic heterocycles. The molecule has 2 aromatic carbocycles. The monoisotopic (exact) mass is 656 g/mol. The topological polar surface area (TPSA) is 133 Å². The van der Waals surface area contributed by atoms with Gasteiger partial charge in [-0.2, -0.15) is 0 Å². The summed E-state index contributed by atoms with van der Waals surface area (Å²) in [6.45, 7) is 7.40. The minimum Gasteiger partial charge on any atom is -0.495 e. The summed E-state index contributed by atoms with van der Waals surface area (Å²) in [5.41, 5.74) is 1.77. The van der Waals surface area contributed by atoms with Crippen molar-refractivity contribution in [1.82, 2.24) is 10.6 Å². The number of rotatable bonds is 8. The van der Waals surface area contributed by atoms with E-state index in [1.54, 1.807) is 25.1 Å². The molecule has 46 heavy (non-hydrogen) atoms. The summed E-state index contributed by atoms with van der Waals surface area (Å²) in [5, 5.41) is 5.98. The second-order valence-electron chi connectivity index (χ2n) is 12.7. The van der Waals surface area contributed by atoms with Crippen LogP contribution in [0.15, 0.2) is 48.5 Å². The maximum Gasteiger partial charge on any atom is 0.347 e. The number of esters is 2. The lowest BCUT2D eigenvalue weighted by Crippen LogP contribution is -2.49. The highest BCUT2D eigenvalue weighted by atomic mass is 35.5. The van der Waals surface area contributed by atoms with E-state index in [1.807, 2.05) is 51.1 Å². The average Bonchev–Trinajstić information content (AvgIpc) is 3.83. The Morgan fingerprint density at radius 3 is 2.41 bits per heavy atom. The fourth-order valence-electron chi connectivity index (χ4n) is 5.65. The number of hydrogen-bond acceptors (Lipinski definition) is 8. The quantitative estimate of drug-likeness (QED) is 0.301. The van der Waals surface area contributed by atoms with Crippen LogP contribution in [0.25, 0.3) is 0 Å². The first kappa shape index (κ1) is 35.2. The Bertz CT molecular complexity index is 1370. The molecule has 2 N–H and O–H groups in total. The summed E-state index contributed by atoms with van der Waals surface area (Å²) in [6, 6.07) is 14.1. The van der Waals surface area contributed by atoms with Gasteiger partial charge in [0.2, 0.25) is 11.8 Å². The highest BCUT2D eigenvalue weighted by Crippen LogP contribution is 2.45. The highest BCUT2D eigenvalue weighted by molar-refractivity contribution is 6.32. The van der Waals surface area contributed by atoms with E-state index >= 15 is 0 Å². The summed E-state index contributed by atoms with van der Waals surface area (Å²) in [4.78, 5) is 53.1. The van der Waals surface area contributed by atoms with Gasteiger partial charge in [0.15, 0.2) is 6.10 Å². The van der Waals surface area contributed by atoms with Crippen molar-refractivity contribution in [3.8, 4) is 5.75 Å². The Labute approximate surface area is 275 Å². The minimum atomic E-state index is -1.10. The van der Waals surface area contributed by atoms with E-state index in [2.05, 4.69) is 10.6 Å². The number of hydrogen-bond donors (Lipinski definition) is 2. The third-order valence-electron chi connectivity index (χ3n) is 8.42. The number of halogens is 1. The molecule has 2 fully saturated rings. The molecule has 2 aromatic rings. The SMILES string of the molecule is COc1ccc(C[C@H]2NC(=O)CCC[C@@H]([C@H](C)[C@H]3O[C@H]3c3ccccc3)OC(=O)[C@H](CC(C)C)OC(=O)[C@H](C)CNC2=O)cc1Cl. The van der Waals surface area contributed by atoms with Gasteiger partial charge < -0.3 is 29.6 Å². The van der Waals surface area contributed by atoms with E-state index in [4.69, 9.17) is 30.5 Å². The zero-order valence-corrected chi connectivity index (χ0v) is 27.9. The van der Waals surface area contributed by atoms with Gasteiger partial charge in [-0.15, -0.1) is 0 Å². The molecule has 0 aliphatic carbocycles. The molecule has 0 spiro atoms. The first-order chi connectivity index (χ1) is 22.0. The van der Waals surface area contributed by atoms with Crippen LogP contribution in [0.4, 0.5) is 0 Å². The molecule has 2 heterocycles. The molecule has 10 nitrogen and oxygen atoms in total. The molecule has 0 bridgehead atoms. The lowest BCUT2D eigenvalue weighted by molar-refractivity contribution is -0.176. The third kappa shape index (κ3) is 9.69. The van der Waals surface area contributed by atoms with Crippen molar-refractivity contribution < 1.29 is 38.1 Å². The summed E-state index contributed by atoms with van der Waals surface area (Å²) < 4.78 is 23.0. The fourth-order valence-corrected chi connectivity index (χ4v) is 5.93. The van der Waals surface area contributed by atoms with Gasteiger partial charge in [-0.1, -0.05) is 75.7 Å². The van der Waals surface area contributed by atoms with Crippen molar-refractivity contribution in [2.24, 2.45) is 17.8 Å². The van der Waals surface area contributed by atoms with Crippen LogP contribution in [0, 0.1) is 17.8 Å². The summed E-state index contributed by atoms with van der Waals surface area (Å²) in [7, 11) is 1.51. The Balaban J connectivity index is 1.54. The van der Waals surface area contributed by atoms with E-state index in [9.17, 15) is 19.2 Å². The van der Waals surface area contributed by atoms with Crippen molar-refractivity contribution >= 4 is 35.4 Å². The van der Waals surface area contributed by atoms with Crippen LogP contribution in [0.1, 0.15) is 70.6 Å². The minimum absolute atomic E-state index is 0.0452. The molecule has 4 rings (SSSR count). The molecule has 2 aliphatic rings. The van der Waals surface area contributed by atoms with Gasteiger partial charge in [0.05, 0.1) is 24.2 Å². The number of ether oxygens (including phenoxy) is 4. The second kappa shape index (κ2) is 16.3. The Kier molecular flexibility index (Phi) is 12.5. The van der Waals surface area contributed by atoms with Crippen LogP contribution in [-0.2, 0) is 39.8 Å². The van der Waals surface area contributed by atoms with E-state index < -0.39 is 42.0 Å². The maximum atomic E-state index is 13.5. The van der Waals surface area contributed by atoms with Gasteiger partial charge in [-0.3, -0.25) is 14.4 Å². The summed E-state index contributed by atoms with van der Waals surface area (Å²) >= 11 is 6.31. The van der Waals surface area contributed by atoms with Gasteiger partial charge in [-0.25, -0.2) is 4.79 Å². The zero-order chi connectivity index (χ0) is 33.4. The van der Waals surface area contributed by atoms with Crippen LogP contribution in [0.3, 0.4) is 0 Å². The first-order valence-corrected chi connectivity index (χ1v) is 16.4. The number of carbonyl (C=O) groups excluding carboxylic acids is 4. The Hall–Kier alpha value is -3.63. The molecular formula is C35H45ClN2O8. The van der Waals surface area contributed by atoms with Crippen LogP contribution in [-0.4, -0.2) is 61.8 Å². The van der Waals surface area contributed by atoms with Crippen LogP contribution >= 0.6 is 11.6 Å². The summed E-state index contributed by atoms with van der Waals surface area (Å²) in [6.07, 6.45) is -0.629. The van der Waals surface area contributed by atoms with Crippen molar-refractivity contribution in [3.63, 3.8) is 0 Å². The number of amides is 2. The van der Waals surface area contributed by atoms with Crippen molar-refractivity contribution in [3.05, 3.63) is 64.7 Å². The van der Waals surface area contributed by atoms with Crippen LogP contribution in [0.2, 0.25) is 5.02 Å². The van der Waals surface area contributed by atoms with E-state index in [-0.39, 0.29) is 55.8 Å². The Morgan fingerprint density at radius 2 is 1.74 bits per heavy atom. The molecule has 11 heteroatoms. The number of benzene rings is 2. The zero-order valence-electron chi connectivity index (χ0n) is 27.1. The van der Waals surface area contributed by atoms with Crippen molar-refractivity contribution in [1.29, 1.82) is 0 Å². The number of nitrogens with one attached hydrogen (secondary N) is 2. The average molecular weight is 657 g/mol. The molecule has 2 amide bonds. The summed E-state index contributed by atoms with van der Waals surface area (Å²) in [5.74, 6) is -2.42.